The molecule has 7 heteroatoms. The average molecular weight is 237 g/mol. The molecular formula is C9H9BClN3O2. The van der Waals surface area contributed by atoms with Gasteiger partial charge in [0.2, 0.25) is 0 Å². The van der Waals surface area contributed by atoms with Gasteiger partial charge in [-0.15, -0.1) is 0 Å². The fourth-order valence-electron chi connectivity index (χ4n) is 2.08. The van der Waals surface area contributed by atoms with E-state index in [9.17, 15) is 0 Å². The molecule has 0 aliphatic heterocycles. The van der Waals surface area contributed by atoms with Crippen molar-refractivity contribution < 1.29 is 10.0 Å². The maximum Gasteiger partial charge on any atom is 0.455 e. The van der Waals surface area contributed by atoms with E-state index in [1.807, 2.05) is 0 Å². The molecule has 2 atom stereocenters. The van der Waals surface area contributed by atoms with Crippen LogP contribution in [0.5, 0.6) is 0 Å². The zero-order chi connectivity index (χ0) is 11.3. The summed E-state index contributed by atoms with van der Waals surface area (Å²) in [5, 5.41) is 22.6. The Morgan fingerprint density at radius 2 is 2.31 bits per heavy atom. The smallest absolute Gasteiger partial charge is 0.427 e. The fraction of sp³-hybridized carbons (Fsp3) is 0.333. The third-order valence-corrected chi connectivity index (χ3v) is 3.16. The lowest BCUT2D eigenvalue weighted by Gasteiger charge is -2.03. The van der Waals surface area contributed by atoms with Crippen LogP contribution in [0.15, 0.2) is 18.5 Å². The fourth-order valence-corrected chi connectivity index (χ4v) is 2.28. The van der Waals surface area contributed by atoms with Crippen molar-refractivity contribution in [2.45, 2.75) is 18.2 Å². The zero-order valence-corrected chi connectivity index (χ0v) is 9.04. The Morgan fingerprint density at radius 1 is 1.50 bits per heavy atom. The van der Waals surface area contributed by atoms with Crippen molar-refractivity contribution in [2.24, 2.45) is 0 Å². The van der Waals surface area contributed by atoms with Gasteiger partial charge < -0.3 is 10.0 Å². The number of halogens is 1. The molecule has 2 N–H and O–H groups in total. The van der Waals surface area contributed by atoms with Gasteiger partial charge in [0, 0.05) is 23.8 Å². The maximum absolute atomic E-state index is 9.10. The van der Waals surface area contributed by atoms with Crippen molar-refractivity contribution in [3.8, 4) is 0 Å². The highest BCUT2D eigenvalue weighted by Gasteiger charge is 2.47. The molecule has 1 aliphatic carbocycles. The molecule has 0 bridgehead atoms. The summed E-state index contributed by atoms with van der Waals surface area (Å²) in [6, 6.07) is 1.75. The van der Waals surface area contributed by atoms with E-state index in [-0.39, 0.29) is 11.7 Å². The quantitative estimate of drug-likeness (QED) is 0.755. The largest absolute Gasteiger partial charge is 0.455 e. The van der Waals surface area contributed by atoms with Crippen LogP contribution < -0.4 is 0 Å². The first-order valence-electron chi connectivity index (χ1n) is 5.03. The molecule has 16 heavy (non-hydrogen) atoms. The molecule has 0 aromatic carbocycles. The van der Waals surface area contributed by atoms with Crippen LogP contribution in [0.2, 0.25) is 11.0 Å². The summed E-state index contributed by atoms with van der Waals surface area (Å²) in [5.74, 6) is 0.00404. The van der Waals surface area contributed by atoms with Crippen molar-refractivity contribution in [1.29, 1.82) is 0 Å². The van der Waals surface area contributed by atoms with E-state index < -0.39 is 7.12 Å². The molecule has 1 unspecified atom stereocenters. The highest BCUT2D eigenvalue weighted by molar-refractivity contribution is 6.44. The van der Waals surface area contributed by atoms with E-state index in [2.05, 4.69) is 10.1 Å². The normalized spacial score (nSPS) is 23.7. The highest BCUT2D eigenvalue weighted by Crippen LogP contribution is 2.54. The molecule has 1 saturated carbocycles. The van der Waals surface area contributed by atoms with Gasteiger partial charge in [0.25, 0.3) is 0 Å². The van der Waals surface area contributed by atoms with Gasteiger partial charge in [-0.2, -0.15) is 5.10 Å². The molecule has 1 fully saturated rings. The molecule has 2 aromatic heterocycles. The molecule has 2 aromatic rings. The third-order valence-electron chi connectivity index (χ3n) is 2.98. The number of rotatable bonds is 2. The second-order valence-electron chi connectivity index (χ2n) is 4.04. The van der Waals surface area contributed by atoms with Crippen LogP contribution in [0.1, 0.15) is 17.9 Å². The van der Waals surface area contributed by atoms with E-state index in [0.717, 1.165) is 17.6 Å². The first kappa shape index (κ1) is 10.1. The molecule has 2 heterocycles. The monoisotopic (exact) mass is 237 g/mol. The van der Waals surface area contributed by atoms with E-state index in [4.69, 9.17) is 21.6 Å². The number of aromatic nitrogens is 3. The van der Waals surface area contributed by atoms with Gasteiger partial charge in [-0.1, -0.05) is 11.6 Å². The number of hydrogen-bond donors (Lipinski definition) is 2. The Bertz CT molecular complexity index is 545. The maximum atomic E-state index is 9.10. The van der Waals surface area contributed by atoms with Crippen LogP contribution in [0.4, 0.5) is 0 Å². The molecule has 1 aliphatic rings. The predicted octanol–water partition coefficient (Wildman–Crippen LogP) is 0.713. The lowest BCUT2D eigenvalue weighted by molar-refractivity contribution is 0.402. The van der Waals surface area contributed by atoms with Gasteiger partial charge >= 0.3 is 7.12 Å². The standard InChI is InChI=1S/C9H9BClN3O2/c11-8-4-6(5-3-7(5)10(15)16)9-12-1-2-14(9)13-8/h1-2,4-5,7,15-16H,3H2/t5-,7?/m1/s1. The van der Waals surface area contributed by atoms with Crippen molar-refractivity contribution in [2.75, 3.05) is 0 Å². The number of hydrogen-bond acceptors (Lipinski definition) is 4. The summed E-state index contributed by atoms with van der Waals surface area (Å²) < 4.78 is 1.61. The van der Waals surface area contributed by atoms with E-state index in [1.165, 1.54) is 0 Å². The van der Waals surface area contributed by atoms with E-state index in [0.29, 0.717) is 5.15 Å². The summed E-state index contributed by atoms with van der Waals surface area (Å²) in [6.07, 6.45) is 4.12. The first-order chi connectivity index (χ1) is 7.66. The second-order valence-corrected chi connectivity index (χ2v) is 4.42. The number of imidazole rings is 1. The molecule has 0 spiro atoms. The number of fused-ring (bicyclic) bond motifs is 1. The van der Waals surface area contributed by atoms with Crippen molar-refractivity contribution in [1.82, 2.24) is 14.6 Å². The summed E-state index contributed by atoms with van der Waals surface area (Å²) in [7, 11) is -1.27. The Balaban J connectivity index is 2.07. The second kappa shape index (κ2) is 3.45. The molecule has 0 amide bonds. The minimum absolute atomic E-state index is 0.112. The minimum atomic E-state index is -1.27. The van der Waals surface area contributed by atoms with E-state index >= 15 is 0 Å². The van der Waals surface area contributed by atoms with Gasteiger partial charge in [-0.3, -0.25) is 0 Å². The van der Waals surface area contributed by atoms with Crippen molar-refractivity contribution in [3.63, 3.8) is 0 Å². The molecular weight excluding hydrogens is 228 g/mol. The van der Waals surface area contributed by atoms with E-state index in [1.54, 1.807) is 23.0 Å². The lowest BCUT2D eigenvalue weighted by atomic mass is 9.81. The van der Waals surface area contributed by atoms with Crippen LogP contribution in [0.3, 0.4) is 0 Å². The SMILES string of the molecule is OB(O)C1C[C@@H]1c1cc(Cl)nn2ccnc12. The van der Waals surface area contributed by atoms with Crippen molar-refractivity contribution >= 4 is 24.4 Å². The van der Waals surface area contributed by atoms with Gasteiger partial charge in [-0.05, 0) is 18.4 Å². The van der Waals surface area contributed by atoms with Crippen molar-refractivity contribution in [3.05, 3.63) is 29.2 Å². The topological polar surface area (TPSA) is 70.7 Å². The average Bonchev–Trinajstić information content (AvgIpc) is 2.89. The van der Waals surface area contributed by atoms with Crippen LogP contribution in [0, 0.1) is 0 Å². The lowest BCUT2D eigenvalue weighted by Crippen LogP contribution is -2.11. The summed E-state index contributed by atoms with van der Waals surface area (Å²) in [4.78, 5) is 4.19. The van der Waals surface area contributed by atoms with Crippen LogP contribution in [-0.4, -0.2) is 31.8 Å². The molecule has 0 radical (unpaired) electrons. The molecule has 5 nitrogen and oxygen atoms in total. The summed E-state index contributed by atoms with van der Waals surface area (Å²) in [5.41, 5.74) is 1.67. The Hall–Kier alpha value is -1.11. The minimum Gasteiger partial charge on any atom is -0.427 e. The first-order valence-corrected chi connectivity index (χ1v) is 5.40. The molecule has 0 saturated heterocycles. The van der Waals surface area contributed by atoms with Gasteiger partial charge in [0.1, 0.15) is 5.15 Å². The number of nitrogens with zero attached hydrogens (tertiary/aromatic N) is 3. The van der Waals surface area contributed by atoms with Crippen LogP contribution >= 0.6 is 11.6 Å². The summed E-state index contributed by atoms with van der Waals surface area (Å²) in [6.45, 7) is 0. The Labute approximate surface area is 96.8 Å². The zero-order valence-electron chi connectivity index (χ0n) is 8.29. The summed E-state index contributed by atoms with van der Waals surface area (Å²) >= 11 is 5.90. The van der Waals surface area contributed by atoms with Gasteiger partial charge in [0.15, 0.2) is 5.65 Å². The third kappa shape index (κ3) is 1.50. The Kier molecular flexibility index (Phi) is 2.17. The highest BCUT2D eigenvalue weighted by atomic mass is 35.5. The molecule has 3 rings (SSSR count). The van der Waals surface area contributed by atoms with Gasteiger partial charge in [0.05, 0.1) is 0 Å². The predicted molar refractivity (Wildman–Crippen MR) is 59.3 cm³/mol. The van der Waals surface area contributed by atoms with Gasteiger partial charge in [-0.25, -0.2) is 9.50 Å². The molecule has 82 valence electrons. The van der Waals surface area contributed by atoms with Crippen LogP contribution in [0.25, 0.3) is 5.65 Å². The van der Waals surface area contributed by atoms with Crippen LogP contribution in [-0.2, 0) is 0 Å². The Morgan fingerprint density at radius 3 is 3.00 bits per heavy atom.